The summed E-state index contributed by atoms with van der Waals surface area (Å²) in [5.41, 5.74) is 16.3. The number of para-hydroxylation sites is 2. The van der Waals surface area contributed by atoms with Crippen molar-refractivity contribution < 1.29 is 0 Å². The third-order valence-corrected chi connectivity index (χ3v) is 29.1. The van der Waals surface area contributed by atoms with E-state index in [0.29, 0.717) is 0 Å². The summed E-state index contributed by atoms with van der Waals surface area (Å²) < 4.78 is 5.09. The fourth-order valence-corrected chi connectivity index (χ4v) is 25.1. The first-order chi connectivity index (χ1) is 46.6. The summed E-state index contributed by atoms with van der Waals surface area (Å²) in [5, 5.41) is 15.5. The van der Waals surface area contributed by atoms with Gasteiger partial charge in [-0.15, -0.1) is 0 Å². The Kier molecular flexibility index (Phi) is 14.3. The van der Waals surface area contributed by atoms with Crippen molar-refractivity contribution in [3.05, 3.63) is 388 Å². The molecule has 17 rings (SSSR count). The van der Waals surface area contributed by atoms with E-state index in [-0.39, 0.29) is 0 Å². The Morgan fingerprint density at radius 1 is 0.170 bits per heavy atom. The molecule has 0 fully saturated rings. The molecule has 0 aliphatic carbocycles. The summed E-state index contributed by atoms with van der Waals surface area (Å²) in [5.74, 6) is 0. The zero-order valence-electron chi connectivity index (χ0n) is 51.8. The van der Waals surface area contributed by atoms with E-state index < -0.39 is 16.1 Å². The van der Waals surface area contributed by atoms with Crippen molar-refractivity contribution in [3.8, 4) is 55.9 Å². The summed E-state index contributed by atoms with van der Waals surface area (Å²) in [7, 11) is -6.17. The van der Waals surface area contributed by atoms with E-state index in [9.17, 15) is 0 Å². The molecule has 94 heavy (non-hydrogen) atoms. The molecule has 15 aromatic carbocycles. The molecular formula is C90H64N2Si2. The van der Waals surface area contributed by atoms with E-state index in [1.807, 2.05) is 0 Å². The Morgan fingerprint density at radius 3 is 0.926 bits per heavy atom. The van der Waals surface area contributed by atoms with E-state index in [4.69, 9.17) is 0 Å². The molecule has 0 atom stereocenters. The molecule has 17 aromatic rings. The van der Waals surface area contributed by atoms with Gasteiger partial charge in [0.1, 0.15) is 0 Å². The predicted molar refractivity (Wildman–Crippen MR) is 404 cm³/mol. The molecule has 0 radical (unpaired) electrons. The average Bonchev–Trinajstić information content (AvgIpc) is 1.23. The zero-order chi connectivity index (χ0) is 62.4. The maximum atomic E-state index is 2.59. The molecule has 0 aliphatic rings. The van der Waals surface area contributed by atoms with Gasteiger partial charge in [-0.05, 0) is 111 Å². The maximum absolute atomic E-state index is 3.33. The summed E-state index contributed by atoms with van der Waals surface area (Å²) in [6.45, 7) is 0. The van der Waals surface area contributed by atoms with E-state index >= 15 is 0 Å². The molecule has 0 saturated heterocycles. The number of fused-ring (bicyclic) bond motifs is 6. The molecule has 0 bridgehead atoms. The quantitative estimate of drug-likeness (QED) is 0.0759. The molecule has 0 spiro atoms. The Bertz CT molecular complexity index is 5340. The van der Waals surface area contributed by atoms with Crippen molar-refractivity contribution >= 4 is 101 Å². The monoisotopic (exact) mass is 1230 g/mol. The zero-order valence-corrected chi connectivity index (χ0v) is 53.8. The second kappa shape index (κ2) is 23.9. The van der Waals surface area contributed by atoms with Crippen molar-refractivity contribution in [1.82, 2.24) is 9.13 Å². The highest BCUT2D eigenvalue weighted by Gasteiger charge is 2.44. The highest BCUT2D eigenvalue weighted by molar-refractivity contribution is 7.20. The van der Waals surface area contributed by atoms with E-state index in [1.54, 1.807) is 0 Å². The van der Waals surface area contributed by atoms with Crippen LogP contribution in [-0.4, -0.2) is 25.3 Å². The van der Waals surface area contributed by atoms with Crippen molar-refractivity contribution in [1.29, 1.82) is 0 Å². The lowest BCUT2D eigenvalue weighted by Gasteiger charge is -2.36. The minimum atomic E-state index is -3.33. The highest BCUT2D eigenvalue weighted by Crippen LogP contribution is 2.43. The van der Waals surface area contributed by atoms with Crippen LogP contribution >= 0.6 is 0 Å². The molecule has 2 nitrogen and oxygen atoms in total. The molecule has 0 N–H and O–H groups in total. The van der Waals surface area contributed by atoms with Crippen LogP contribution in [0.3, 0.4) is 0 Å². The second-order valence-corrected chi connectivity index (χ2v) is 32.3. The Hall–Kier alpha value is -11.7. The van der Waals surface area contributed by atoms with Gasteiger partial charge in [0.05, 0.1) is 27.8 Å². The van der Waals surface area contributed by atoms with E-state index in [0.717, 1.165) is 44.7 Å². The first-order valence-electron chi connectivity index (χ1n) is 32.6. The molecule has 2 heterocycles. The van der Waals surface area contributed by atoms with Gasteiger partial charge in [0.15, 0.2) is 16.1 Å². The van der Waals surface area contributed by atoms with Crippen LogP contribution in [0.25, 0.3) is 99.5 Å². The van der Waals surface area contributed by atoms with Crippen molar-refractivity contribution in [2.45, 2.75) is 0 Å². The molecule has 4 heteroatoms. The Labute approximate surface area is 550 Å². The topological polar surface area (TPSA) is 9.86 Å². The smallest absolute Gasteiger partial charge is 0.179 e. The number of hydrogen-bond donors (Lipinski definition) is 0. The summed E-state index contributed by atoms with van der Waals surface area (Å²) in [6.07, 6.45) is 0. The maximum Gasteiger partial charge on any atom is 0.179 e. The van der Waals surface area contributed by atoms with Crippen molar-refractivity contribution in [2.24, 2.45) is 0 Å². The number of rotatable bonds is 14. The SMILES string of the molecule is c1ccc(-c2cccc([Si](c3ccccc3)(c3cccc(-c4ccccc4)c3)c3cc(-c4ccccc4)c(-n4c5ccccc5c5cc(-n6c7ccccc7c7cc([Si](c8ccccc8)(c8ccccc8)c8ccccc8)ccc76)ccc54)c(-c4ccccc4)c3)c2)cc1. The van der Waals surface area contributed by atoms with Crippen LogP contribution in [-0.2, 0) is 0 Å². The normalized spacial score (nSPS) is 11.8. The molecule has 2 aromatic heterocycles. The van der Waals surface area contributed by atoms with Crippen LogP contribution < -0.4 is 41.5 Å². The lowest BCUT2D eigenvalue weighted by atomic mass is 9.95. The number of aromatic nitrogens is 2. The van der Waals surface area contributed by atoms with Gasteiger partial charge in [-0.2, -0.15) is 0 Å². The van der Waals surface area contributed by atoms with Gasteiger partial charge < -0.3 is 9.13 Å². The fraction of sp³-hybridized carbons (Fsp3) is 0. The lowest BCUT2D eigenvalue weighted by molar-refractivity contribution is 1.17. The summed E-state index contributed by atoms with van der Waals surface area (Å²) in [6, 6.07) is 146. The summed E-state index contributed by atoms with van der Waals surface area (Å²) in [4.78, 5) is 0. The molecule has 442 valence electrons. The number of hydrogen-bond acceptors (Lipinski definition) is 0. The van der Waals surface area contributed by atoms with Crippen LogP contribution in [0.15, 0.2) is 388 Å². The largest absolute Gasteiger partial charge is 0.309 e. The van der Waals surface area contributed by atoms with Crippen LogP contribution in [0, 0.1) is 0 Å². The molecule has 0 aliphatic heterocycles. The van der Waals surface area contributed by atoms with Gasteiger partial charge in [0, 0.05) is 38.4 Å². The van der Waals surface area contributed by atoms with Crippen LogP contribution in [0.5, 0.6) is 0 Å². The Balaban J connectivity index is 0.930. The van der Waals surface area contributed by atoms with Gasteiger partial charge >= 0.3 is 0 Å². The standard InChI is InChI=1S/C90H64N2Si2/c1-9-31-65(32-10-1)69-39-29-49-76(59-69)94(75-47-23-8-24-48-75,77-50-30-40-70(60-77)66-33-11-2-12-34-66)79-63-82(67-35-13-3-14-36-67)90(83(64-79)68-37-15-4-16-38-68)92-87-54-28-26-51-80(87)84-61-71(55-57-89(84)92)91-86-53-27-25-52-81(86)85-62-78(56-58-88(85)91)93(72-41-17-5-18-42-72,73-43-19-6-20-44-73)74-45-21-7-22-46-74/h1-64H. The van der Waals surface area contributed by atoms with Crippen LogP contribution in [0.1, 0.15) is 0 Å². The molecule has 0 saturated carbocycles. The van der Waals surface area contributed by atoms with E-state index in [1.165, 1.54) is 96.3 Å². The van der Waals surface area contributed by atoms with Gasteiger partial charge in [0.2, 0.25) is 0 Å². The third-order valence-electron chi connectivity index (χ3n) is 19.6. The van der Waals surface area contributed by atoms with Gasteiger partial charge in [-0.3, -0.25) is 0 Å². The molecule has 0 amide bonds. The number of nitrogens with zero attached hydrogens (tertiary/aromatic N) is 2. The summed E-state index contributed by atoms with van der Waals surface area (Å²) >= 11 is 0. The van der Waals surface area contributed by atoms with Gasteiger partial charge in [-0.25, -0.2) is 0 Å². The van der Waals surface area contributed by atoms with Crippen molar-refractivity contribution in [2.75, 3.05) is 0 Å². The molecular weight excluding hydrogens is 1170 g/mol. The fourth-order valence-electron chi connectivity index (χ4n) is 15.5. The molecule has 0 unspecified atom stereocenters. The predicted octanol–water partition coefficient (Wildman–Crippen LogP) is 17.3. The Morgan fingerprint density at radius 2 is 0.479 bits per heavy atom. The highest BCUT2D eigenvalue weighted by atomic mass is 28.3. The third kappa shape index (κ3) is 9.37. The first kappa shape index (κ1) is 56.3. The number of benzene rings is 15. The first-order valence-corrected chi connectivity index (χ1v) is 36.6. The van der Waals surface area contributed by atoms with Gasteiger partial charge in [0.25, 0.3) is 0 Å². The van der Waals surface area contributed by atoms with Crippen molar-refractivity contribution in [3.63, 3.8) is 0 Å². The average molecular weight is 1230 g/mol. The van der Waals surface area contributed by atoms with Crippen LogP contribution in [0.2, 0.25) is 0 Å². The minimum Gasteiger partial charge on any atom is -0.309 e. The lowest BCUT2D eigenvalue weighted by Crippen LogP contribution is -2.74. The van der Waals surface area contributed by atoms with Gasteiger partial charge in [-0.1, -0.05) is 352 Å². The van der Waals surface area contributed by atoms with E-state index in [2.05, 4.69) is 397 Å². The second-order valence-electron chi connectivity index (χ2n) is 24.6. The van der Waals surface area contributed by atoms with Crippen LogP contribution in [0.4, 0.5) is 0 Å². The minimum absolute atomic E-state index is 1.11.